The molecule has 0 spiro atoms. The topological polar surface area (TPSA) is 122 Å². The highest BCUT2D eigenvalue weighted by Crippen LogP contribution is 2.18. The molecule has 3 N–H and O–H groups in total. The second kappa shape index (κ2) is 5.68. The molecule has 1 heterocycles. The number of aliphatic hydroxyl groups is 1. The summed E-state index contributed by atoms with van der Waals surface area (Å²) in [5, 5.41) is 21.6. The highest BCUT2D eigenvalue weighted by atomic mass is 32.2. The van der Waals surface area contributed by atoms with Crippen LogP contribution in [0.25, 0.3) is 0 Å². The first-order valence-electron chi connectivity index (χ1n) is 5.57. The third-order valence-corrected chi connectivity index (χ3v) is 4.45. The number of carboxylic acid groups (broad SMARTS) is 1. The van der Waals surface area contributed by atoms with Crippen LogP contribution < -0.4 is 4.72 Å². The van der Waals surface area contributed by atoms with E-state index in [1.54, 1.807) is 14.0 Å². The number of nitrogens with zero attached hydrogens (tertiary/aromatic N) is 2. The van der Waals surface area contributed by atoms with Crippen molar-refractivity contribution in [1.29, 1.82) is 0 Å². The lowest BCUT2D eigenvalue weighted by Crippen LogP contribution is -2.41. The molecular weight excluding hydrogens is 274 g/mol. The maximum Gasteiger partial charge on any atom is 0.321 e. The quantitative estimate of drug-likeness (QED) is 0.627. The second-order valence-corrected chi connectivity index (χ2v) is 5.80. The van der Waals surface area contributed by atoms with Crippen LogP contribution in [0.2, 0.25) is 0 Å². The fourth-order valence-corrected chi connectivity index (χ4v) is 3.41. The largest absolute Gasteiger partial charge is 0.480 e. The molecule has 0 aliphatic rings. The first-order chi connectivity index (χ1) is 8.70. The molecule has 9 heteroatoms. The molecule has 0 saturated carbocycles. The van der Waals surface area contributed by atoms with E-state index in [-0.39, 0.29) is 11.3 Å². The van der Waals surface area contributed by atoms with E-state index >= 15 is 0 Å². The van der Waals surface area contributed by atoms with Crippen LogP contribution in [0.4, 0.5) is 0 Å². The normalized spacial score (nSPS) is 13.5. The molecule has 0 aliphatic heterocycles. The Morgan fingerprint density at radius 3 is 2.42 bits per heavy atom. The van der Waals surface area contributed by atoms with Gasteiger partial charge in [-0.25, -0.2) is 8.42 Å². The smallest absolute Gasteiger partial charge is 0.321 e. The van der Waals surface area contributed by atoms with E-state index in [0.29, 0.717) is 11.4 Å². The van der Waals surface area contributed by atoms with Gasteiger partial charge in [0.15, 0.2) is 0 Å². The zero-order chi connectivity index (χ0) is 14.8. The Balaban J connectivity index is 3.14. The summed E-state index contributed by atoms with van der Waals surface area (Å²) in [5.41, 5.74) is 0.707. The second-order valence-electron chi connectivity index (χ2n) is 4.15. The van der Waals surface area contributed by atoms with Gasteiger partial charge in [0.25, 0.3) is 0 Å². The summed E-state index contributed by atoms with van der Waals surface area (Å²) in [5.74, 6) is -1.34. The molecule has 1 rings (SSSR count). The number of nitrogens with one attached hydrogen (secondary N) is 1. The van der Waals surface area contributed by atoms with Gasteiger partial charge in [-0.1, -0.05) is 0 Å². The van der Waals surface area contributed by atoms with Gasteiger partial charge in [-0.15, -0.1) is 0 Å². The highest BCUT2D eigenvalue weighted by molar-refractivity contribution is 7.89. The maximum atomic E-state index is 12.2. The summed E-state index contributed by atoms with van der Waals surface area (Å²) in [6.07, 6.45) is -0.201. The number of carbonyl (C=O) groups is 1. The van der Waals surface area contributed by atoms with Crippen molar-refractivity contribution in [2.24, 2.45) is 7.05 Å². The average molecular weight is 291 g/mol. The summed E-state index contributed by atoms with van der Waals surface area (Å²) < 4.78 is 27.8. The Bertz CT molecular complexity index is 578. The molecule has 0 saturated heterocycles. The van der Waals surface area contributed by atoms with Crippen LogP contribution in [0.5, 0.6) is 0 Å². The predicted molar refractivity (Wildman–Crippen MR) is 66.1 cm³/mol. The van der Waals surface area contributed by atoms with Crippen LogP contribution in [0.1, 0.15) is 17.8 Å². The summed E-state index contributed by atoms with van der Waals surface area (Å²) >= 11 is 0. The molecule has 1 unspecified atom stereocenters. The van der Waals surface area contributed by atoms with Crippen molar-refractivity contribution in [3.63, 3.8) is 0 Å². The van der Waals surface area contributed by atoms with Gasteiger partial charge in [0, 0.05) is 13.7 Å². The number of hydrogen-bond acceptors (Lipinski definition) is 5. The Labute approximate surface area is 111 Å². The molecule has 1 aromatic heterocycles. The molecule has 0 bridgehead atoms. The molecule has 1 atom stereocenters. The fraction of sp³-hybridized carbons (Fsp3) is 0.600. The van der Waals surface area contributed by atoms with Crippen molar-refractivity contribution in [3.8, 4) is 0 Å². The van der Waals surface area contributed by atoms with E-state index in [1.165, 1.54) is 11.6 Å². The van der Waals surface area contributed by atoms with Crippen molar-refractivity contribution in [1.82, 2.24) is 14.5 Å². The minimum absolute atomic E-state index is 0.0285. The van der Waals surface area contributed by atoms with Crippen LogP contribution in [0.15, 0.2) is 4.90 Å². The third-order valence-electron chi connectivity index (χ3n) is 2.72. The Morgan fingerprint density at radius 2 is 2.05 bits per heavy atom. The van der Waals surface area contributed by atoms with Crippen LogP contribution in [-0.2, 0) is 21.9 Å². The zero-order valence-electron chi connectivity index (χ0n) is 10.9. The minimum Gasteiger partial charge on any atom is -0.480 e. The fourth-order valence-electron chi connectivity index (χ4n) is 1.75. The van der Waals surface area contributed by atoms with Crippen LogP contribution >= 0.6 is 0 Å². The molecule has 0 aliphatic carbocycles. The van der Waals surface area contributed by atoms with Gasteiger partial charge < -0.3 is 10.2 Å². The number of hydrogen-bond donors (Lipinski definition) is 3. The average Bonchev–Trinajstić information content (AvgIpc) is 2.52. The molecular formula is C10H17N3O5S. The molecule has 0 aromatic carbocycles. The number of aromatic nitrogens is 2. The predicted octanol–water partition coefficient (Wildman–Crippen LogP) is -0.849. The van der Waals surface area contributed by atoms with E-state index in [9.17, 15) is 13.2 Å². The SMILES string of the molecule is Cc1nn(C)c(C)c1S(=O)(=O)NC(CCO)C(=O)O. The van der Waals surface area contributed by atoms with E-state index in [1.807, 2.05) is 0 Å². The first kappa shape index (κ1) is 15.6. The van der Waals surface area contributed by atoms with Crippen molar-refractivity contribution >= 4 is 16.0 Å². The number of rotatable bonds is 6. The van der Waals surface area contributed by atoms with Gasteiger partial charge >= 0.3 is 5.97 Å². The zero-order valence-corrected chi connectivity index (χ0v) is 11.7. The molecule has 0 radical (unpaired) electrons. The lowest BCUT2D eigenvalue weighted by Gasteiger charge is -2.13. The van der Waals surface area contributed by atoms with E-state index < -0.39 is 28.6 Å². The number of carboxylic acids is 1. The van der Waals surface area contributed by atoms with E-state index in [4.69, 9.17) is 10.2 Å². The van der Waals surface area contributed by atoms with Gasteiger partial charge in [-0.05, 0) is 20.3 Å². The summed E-state index contributed by atoms with van der Waals surface area (Å²) in [7, 11) is -2.39. The number of aliphatic carboxylic acids is 1. The van der Waals surface area contributed by atoms with Crippen LogP contribution in [0, 0.1) is 13.8 Å². The van der Waals surface area contributed by atoms with Crippen molar-refractivity contribution in [2.75, 3.05) is 6.61 Å². The summed E-state index contributed by atoms with van der Waals surface area (Å²) in [4.78, 5) is 10.9. The van der Waals surface area contributed by atoms with Gasteiger partial charge in [0.1, 0.15) is 10.9 Å². The van der Waals surface area contributed by atoms with Crippen molar-refractivity contribution < 1.29 is 23.4 Å². The lowest BCUT2D eigenvalue weighted by atomic mass is 10.2. The molecule has 8 nitrogen and oxygen atoms in total. The Morgan fingerprint density at radius 1 is 1.47 bits per heavy atom. The summed E-state index contributed by atoms with van der Waals surface area (Å²) in [6, 6.07) is -1.37. The number of sulfonamides is 1. The number of aliphatic hydroxyl groups excluding tert-OH is 1. The molecule has 1 aromatic rings. The third kappa shape index (κ3) is 3.31. The van der Waals surface area contributed by atoms with Crippen LogP contribution in [-0.4, -0.2) is 47.0 Å². The van der Waals surface area contributed by atoms with E-state index in [2.05, 4.69) is 9.82 Å². The molecule has 0 amide bonds. The lowest BCUT2D eigenvalue weighted by molar-refractivity contribution is -0.139. The van der Waals surface area contributed by atoms with Gasteiger partial charge in [0.2, 0.25) is 10.0 Å². The summed E-state index contributed by atoms with van der Waals surface area (Å²) in [6.45, 7) is 2.68. The monoisotopic (exact) mass is 291 g/mol. The Hall–Kier alpha value is -1.45. The standard InChI is InChI=1S/C10H17N3O5S/c1-6-9(7(2)13(3)11-6)19(17,18)12-8(4-5-14)10(15)16/h8,12,14H,4-5H2,1-3H3,(H,15,16). The van der Waals surface area contributed by atoms with Gasteiger partial charge in [-0.2, -0.15) is 9.82 Å². The van der Waals surface area contributed by atoms with Crippen LogP contribution in [0.3, 0.4) is 0 Å². The minimum atomic E-state index is -3.99. The van der Waals surface area contributed by atoms with E-state index in [0.717, 1.165) is 0 Å². The Kier molecular flexibility index (Phi) is 4.66. The molecule has 0 fully saturated rings. The highest BCUT2D eigenvalue weighted by Gasteiger charge is 2.29. The number of aryl methyl sites for hydroxylation is 2. The molecule has 19 heavy (non-hydrogen) atoms. The molecule has 108 valence electrons. The maximum absolute atomic E-state index is 12.2. The first-order valence-corrected chi connectivity index (χ1v) is 7.05. The van der Waals surface area contributed by atoms with Crippen molar-refractivity contribution in [3.05, 3.63) is 11.4 Å². The van der Waals surface area contributed by atoms with Crippen molar-refractivity contribution in [2.45, 2.75) is 31.2 Å². The van der Waals surface area contributed by atoms with Gasteiger partial charge in [0.05, 0.1) is 11.4 Å². The van der Waals surface area contributed by atoms with Gasteiger partial charge in [-0.3, -0.25) is 9.48 Å².